The van der Waals surface area contributed by atoms with Crippen LogP contribution in [0.15, 0.2) is 48.5 Å². The summed E-state index contributed by atoms with van der Waals surface area (Å²) in [5, 5.41) is 0. The van der Waals surface area contributed by atoms with Gasteiger partial charge < -0.3 is 28.4 Å². The molecule has 0 spiro atoms. The summed E-state index contributed by atoms with van der Waals surface area (Å²) in [5.74, 6) is 0.882. The van der Waals surface area contributed by atoms with Crippen molar-refractivity contribution in [2.45, 2.75) is 33.1 Å². The van der Waals surface area contributed by atoms with Gasteiger partial charge in [-0.25, -0.2) is 4.79 Å². The van der Waals surface area contributed by atoms with Gasteiger partial charge in [-0.05, 0) is 67.8 Å². The smallest absolute Gasteiger partial charge is 0.343 e. The second-order valence-corrected chi connectivity index (χ2v) is 8.53. The highest BCUT2D eigenvalue weighted by Crippen LogP contribution is 2.31. The molecule has 0 atom stereocenters. The number of ether oxygens (including phenoxy) is 6. The van der Waals surface area contributed by atoms with Crippen LogP contribution in [-0.2, 0) is 19.0 Å². The molecule has 0 aliphatic carbocycles. The molecule has 0 bridgehead atoms. The van der Waals surface area contributed by atoms with Crippen LogP contribution in [0.1, 0.15) is 43.5 Å². The summed E-state index contributed by atoms with van der Waals surface area (Å²) >= 11 is 0. The highest BCUT2D eigenvalue weighted by molar-refractivity contribution is 5.91. The lowest BCUT2D eigenvalue weighted by Gasteiger charge is -2.40. The molecule has 0 saturated carbocycles. The van der Waals surface area contributed by atoms with Gasteiger partial charge in [0.2, 0.25) is 0 Å². The van der Waals surface area contributed by atoms with Gasteiger partial charge in [-0.3, -0.25) is 4.79 Å². The summed E-state index contributed by atoms with van der Waals surface area (Å²) in [6.07, 6.45) is 2.91. The Hall–Kier alpha value is -3.10. The largest absolute Gasteiger partial charge is 0.494 e. The number of carbonyl (C=O) groups is 2. The fraction of sp³-hybridized carbons (Fsp3) is 0.481. The topological polar surface area (TPSA) is 89.5 Å². The number of rotatable bonds is 15. The predicted octanol–water partition coefficient (Wildman–Crippen LogP) is 4.45. The predicted molar refractivity (Wildman–Crippen MR) is 129 cm³/mol. The zero-order chi connectivity index (χ0) is 24.9. The lowest BCUT2D eigenvalue weighted by atomic mass is 9.84. The molecular weight excluding hydrogens is 452 g/mol. The van der Waals surface area contributed by atoms with Gasteiger partial charge in [0, 0.05) is 18.9 Å². The first kappa shape index (κ1) is 26.5. The van der Waals surface area contributed by atoms with E-state index in [2.05, 4.69) is 6.92 Å². The first-order valence-electron chi connectivity index (χ1n) is 12.0. The fourth-order valence-corrected chi connectivity index (χ4v) is 3.37. The van der Waals surface area contributed by atoms with Gasteiger partial charge in [-0.1, -0.05) is 6.92 Å². The summed E-state index contributed by atoms with van der Waals surface area (Å²) in [6.45, 7) is 7.62. The van der Waals surface area contributed by atoms with E-state index < -0.39 is 5.97 Å². The normalized spacial score (nSPS) is 14.0. The van der Waals surface area contributed by atoms with Crippen LogP contribution in [0, 0.1) is 5.41 Å². The van der Waals surface area contributed by atoms with Gasteiger partial charge in [-0.2, -0.15) is 0 Å². The number of hydrogen-bond donors (Lipinski definition) is 0. The van der Waals surface area contributed by atoms with Crippen LogP contribution in [0.2, 0.25) is 0 Å². The average molecular weight is 487 g/mol. The Morgan fingerprint density at radius 3 is 2.03 bits per heavy atom. The van der Waals surface area contributed by atoms with Crippen molar-refractivity contribution < 1.29 is 38.0 Å². The van der Waals surface area contributed by atoms with E-state index >= 15 is 0 Å². The molecule has 0 amide bonds. The molecule has 2 aromatic carbocycles. The minimum atomic E-state index is -0.459. The SMILES string of the molecule is CCC1(COCCCCOc2ccc(C(=O)Oc3ccc(OCCOC(C)=O)cc3)cc2)COC1. The van der Waals surface area contributed by atoms with Gasteiger partial charge in [0.05, 0.1) is 32.0 Å². The lowest BCUT2D eigenvalue weighted by molar-refractivity contribution is -0.150. The Morgan fingerprint density at radius 1 is 0.829 bits per heavy atom. The number of benzene rings is 2. The van der Waals surface area contributed by atoms with Gasteiger partial charge in [-0.15, -0.1) is 0 Å². The van der Waals surface area contributed by atoms with E-state index in [1.807, 2.05) is 0 Å². The second kappa shape index (κ2) is 13.7. The third-order valence-corrected chi connectivity index (χ3v) is 5.71. The lowest BCUT2D eigenvalue weighted by Crippen LogP contribution is -2.45. The van der Waals surface area contributed by atoms with Gasteiger partial charge in [0.15, 0.2) is 0 Å². The van der Waals surface area contributed by atoms with Crippen molar-refractivity contribution in [2.24, 2.45) is 5.41 Å². The van der Waals surface area contributed by atoms with Crippen LogP contribution < -0.4 is 14.2 Å². The van der Waals surface area contributed by atoms with Crippen LogP contribution in [0.4, 0.5) is 0 Å². The fourth-order valence-electron chi connectivity index (χ4n) is 3.37. The molecule has 2 aromatic rings. The van der Waals surface area contributed by atoms with Crippen LogP contribution in [0.3, 0.4) is 0 Å². The molecule has 1 saturated heterocycles. The van der Waals surface area contributed by atoms with Gasteiger partial charge in [0.25, 0.3) is 0 Å². The molecule has 1 aliphatic rings. The molecule has 0 unspecified atom stereocenters. The standard InChI is InChI=1S/C27H34O8/c1-3-27(19-31-20-27)18-30-14-4-5-15-33-23-8-6-22(7-9-23)26(29)35-25-12-10-24(11-13-25)34-17-16-32-21(2)28/h6-13H,3-5,14-20H2,1-2H3. The van der Waals surface area contributed by atoms with Crippen molar-refractivity contribution in [1.29, 1.82) is 0 Å². The van der Waals surface area contributed by atoms with E-state index in [1.165, 1.54) is 6.92 Å². The van der Waals surface area contributed by atoms with Crippen molar-refractivity contribution >= 4 is 11.9 Å². The maximum Gasteiger partial charge on any atom is 0.343 e. The van der Waals surface area contributed by atoms with Crippen molar-refractivity contribution in [3.63, 3.8) is 0 Å². The highest BCUT2D eigenvalue weighted by atomic mass is 16.6. The first-order chi connectivity index (χ1) is 17.0. The van der Waals surface area contributed by atoms with Crippen LogP contribution in [-0.4, -0.2) is 58.2 Å². The minimum Gasteiger partial charge on any atom is -0.494 e. The van der Waals surface area contributed by atoms with E-state index in [9.17, 15) is 9.59 Å². The third-order valence-electron chi connectivity index (χ3n) is 5.71. The maximum atomic E-state index is 12.4. The number of carbonyl (C=O) groups excluding carboxylic acids is 2. The Morgan fingerprint density at radius 2 is 1.43 bits per heavy atom. The summed E-state index contributed by atoms with van der Waals surface area (Å²) in [5.41, 5.74) is 0.655. The van der Waals surface area contributed by atoms with E-state index in [1.54, 1.807) is 48.5 Å². The molecule has 1 fully saturated rings. The average Bonchev–Trinajstić information content (AvgIpc) is 2.84. The number of unbranched alkanes of at least 4 members (excludes halogenated alkanes) is 1. The van der Waals surface area contributed by atoms with E-state index in [0.717, 1.165) is 45.7 Å². The summed E-state index contributed by atoms with van der Waals surface area (Å²) in [6, 6.07) is 13.5. The van der Waals surface area contributed by atoms with E-state index in [4.69, 9.17) is 28.4 Å². The zero-order valence-electron chi connectivity index (χ0n) is 20.5. The van der Waals surface area contributed by atoms with Crippen molar-refractivity contribution in [1.82, 2.24) is 0 Å². The molecule has 35 heavy (non-hydrogen) atoms. The third kappa shape index (κ3) is 8.88. The maximum absolute atomic E-state index is 12.4. The highest BCUT2D eigenvalue weighted by Gasteiger charge is 2.36. The van der Waals surface area contributed by atoms with Crippen molar-refractivity contribution in [2.75, 3.05) is 46.2 Å². The minimum absolute atomic E-state index is 0.177. The number of esters is 2. The first-order valence-corrected chi connectivity index (χ1v) is 12.0. The Bertz CT molecular complexity index is 914. The molecule has 0 radical (unpaired) electrons. The van der Waals surface area contributed by atoms with Crippen LogP contribution >= 0.6 is 0 Å². The summed E-state index contributed by atoms with van der Waals surface area (Å²) < 4.78 is 32.5. The molecule has 8 heteroatoms. The van der Waals surface area contributed by atoms with Gasteiger partial charge >= 0.3 is 11.9 Å². The molecular formula is C27H34O8. The van der Waals surface area contributed by atoms with Crippen molar-refractivity contribution in [3.8, 4) is 17.2 Å². The second-order valence-electron chi connectivity index (χ2n) is 8.53. The van der Waals surface area contributed by atoms with Crippen molar-refractivity contribution in [3.05, 3.63) is 54.1 Å². The number of hydrogen-bond acceptors (Lipinski definition) is 8. The molecule has 190 valence electrons. The molecule has 0 N–H and O–H groups in total. The molecule has 1 aliphatic heterocycles. The van der Waals surface area contributed by atoms with E-state index in [0.29, 0.717) is 29.4 Å². The molecule has 8 nitrogen and oxygen atoms in total. The van der Waals surface area contributed by atoms with Gasteiger partial charge in [0.1, 0.15) is 30.5 Å². The Labute approximate surface area is 206 Å². The zero-order valence-corrected chi connectivity index (χ0v) is 20.5. The monoisotopic (exact) mass is 486 g/mol. The molecule has 3 rings (SSSR count). The Kier molecular flexibility index (Phi) is 10.4. The quantitative estimate of drug-likeness (QED) is 0.207. The van der Waals surface area contributed by atoms with Crippen LogP contribution in [0.5, 0.6) is 17.2 Å². The summed E-state index contributed by atoms with van der Waals surface area (Å²) in [7, 11) is 0. The Balaban J connectivity index is 1.31. The van der Waals surface area contributed by atoms with E-state index in [-0.39, 0.29) is 24.6 Å². The van der Waals surface area contributed by atoms with Crippen LogP contribution in [0.25, 0.3) is 0 Å². The summed E-state index contributed by atoms with van der Waals surface area (Å²) in [4.78, 5) is 23.1. The molecule has 1 heterocycles. The molecule has 0 aromatic heterocycles.